The van der Waals surface area contributed by atoms with E-state index in [9.17, 15) is 27.9 Å². The van der Waals surface area contributed by atoms with Crippen molar-refractivity contribution in [2.45, 2.75) is 58.8 Å². The van der Waals surface area contributed by atoms with Gasteiger partial charge in [-0.2, -0.15) is 13.2 Å². The number of amides is 1. The van der Waals surface area contributed by atoms with Crippen LogP contribution in [-0.2, 0) is 9.59 Å². The molecule has 5 nitrogen and oxygen atoms in total. The molecule has 0 radical (unpaired) electrons. The molecule has 3 N–H and O–H groups in total. The Morgan fingerprint density at radius 1 is 1.24 bits per heavy atom. The third-order valence-electron chi connectivity index (χ3n) is 3.14. The van der Waals surface area contributed by atoms with Crippen molar-refractivity contribution in [3.8, 4) is 0 Å². The highest BCUT2D eigenvalue weighted by Gasteiger charge is 2.48. The maximum absolute atomic E-state index is 12.7. The highest BCUT2D eigenvalue weighted by Crippen LogP contribution is 2.40. The second kappa shape index (κ2) is 7.11. The molecule has 0 fully saturated rings. The molecule has 0 heterocycles. The summed E-state index contributed by atoms with van der Waals surface area (Å²) in [6, 6.07) is -2.71. The molecule has 0 spiro atoms. The maximum Gasteiger partial charge on any atom is 0.394 e. The summed E-state index contributed by atoms with van der Waals surface area (Å²) in [5.74, 6) is -2.45. The van der Waals surface area contributed by atoms with Crippen LogP contribution in [0.1, 0.15) is 40.5 Å². The van der Waals surface area contributed by atoms with E-state index in [1.54, 1.807) is 13.8 Å². The number of carbonyl (C=O) groups is 2. The molecule has 21 heavy (non-hydrogen) atoms. The Morgan fingerprint density at radius 3 is 2.05 bits per heavy atom. The number of nitrogens with one attached hydrogen (secondary N) is 1. The quantitative estimate of drug-likeness (QED) is 0.718. The van der Waals surface area contributed by atoms with Gasteiger partial charge in [0.15, 0.2) is 0 Å². The Bertz CT molecular complexity index is 381. The predicted octanol–water partition coefficient (Wildman–Crippen LogP) is 0.573. The van der Waals surface area contributed by atoms with Crippen molar-refractivity contribution in [1.82, 2.24) is 5.32 Å². The molecule has 0 aliphatic rings. The van der Waals surface area contributed by atoms with Gasteiger partial charge in [0.2, 0.25) is 5.91 Å². The van der Waals surface area contributed by atoms with Gasteiger partial charge in [0.25, 0.3) is 0 Å². The fraction of sp³-hybridized carbons (Fsp3) is 0.846. The zero-order chi connectivity index (χ0) is 17.0. The third-order valence-corrected chi connectivity index (χ3v) is 3.14. The Balaban J connectivity index is 4.75. The Morgan fingerprint density at radius 2 is 1.71 bits per heavy atom. The van der Waals surface area contributed by atoms with Gasteiger partial charge in [0, 0.05) is 0 Å². The number of halogens is 3. The molecule has 1 amide bonds. The lowest BCUT2D eigenvalue weighted by Crippen LogP contribution is -2.54. The van der Waals surface area contributed by atoms with E-state index >= 15 is 0 Å². The topological polar surface area (TPSA) is 95.2 Å². The standard InChI is InChI=1S/C13H23F3N2O3/c1-7(2)5-9(11(20)21)18-10(19)8(17)6-12(3,4)13(14,15)16/h7-9H,5-6,17H2,1-4H3,(H,18,19)(H,20,21)/p-1/t8-,9?/m0/s1. The summed E-state index contributed by atoms with van der Waals surface area (Å²) < 4.78 is 38.2. The van der Waals surface area contributed by atoms with E-state index in [0.29, 0.717) is 0 Å². The van der Waals surface area contributed by atoms with E-state index in [1.807, 2.05) is 0 Å². The van der Waals surface area contributed by atoms with Gasteiger partial charge in [-0.25, -0.2) is 0 Å². The molecule has 124 valence electrons. The molecule has 0 aliphatic heterocycles. The minimum absolute atomic E-state index is 0.0314. The average Bonchev–Trinajstić information content (AvgIpc) is 2.24. The molecule has 0 bridgehead atoms. The number of carboxylic acid groups (broad SMARTS) is 1. The first-order valence-electron chi connectivity index (χ1n) is 6.61. The molecule has 8 heteroatoms. The lowest BCUT2D eigenvalue weighted by molar-refractivity contribution is -0.308. The van der Waals surface area contributed by atoms with Crippen molar-refractivity contribution < 1.29 is 27.9 Å². The molecule has 0 saturated heterocycles. The number of nitrogens with two attached hydrogens (primary N) is 1. The summed E-state index contributed by atoms with van der Waals surface area (Å²) in [5, 5.41) is 13.0. The number of carboxylic acids is 1. The third kappa shape index (κ3) is 6.33. The lowest BCUT2D eigenvalue weighted by atomic mass is 9.85. The first kappa shape index (κ1) is 19.7. The Hall–Kier alpha value is -1.31. The van der Waals surface area contributed by atoms with E-state index in [-0.39, 0.29) is 12.3 Å². The van der Waals surface area contributed by atoms with Crippen molar-refractivity contribution >= 4 is 11.9 Å². The summed E-state index contributed by atoms with van der Waals surface area (Å²) >= 11 is 0. The highest BCUT2D eigenvalue weighted by atomic mass is 19.4. The fourth-order valence-corrected chi connectivity index (χ4v) is 1.72. The number of hydrogen-bond donors (Lipinski definition) is 2. The fourth-order valence-electron chi connectivity index (χ4n) is 1.72. The van der Waals surface area contributed by atoms with Crippen LogP contribution in [0.3, 0.4) is 0 Å². The number of alkyl halides is 3. The van der Waals surface area contributed by atoms with Gasteiger partial charge in [-0.15, -0.1) is 0 Å². The molecular formula is C13H22F3N2O3-. The molecule has 0 rings (SSSR count). The highest BCUT2D eigenvalue weighted by molar-refractivity contribution is 5.86. The second-order valence-electron chi connectivity index (χ2n) is 6.20. The predicted molar refractivity (Wildman–Crippen MR) is 68.8 cm³/mol. The first-order chi connectivity index (χ1) is 9.28. The number of aliphatic carboxylic acids is 1. The first-order valence-corrected chi connectivity index (χ1v) is 6.61. The molecule has 0 saturated carbocycles. The minimum atomic E-state index is -4.50. The zero-order valence-corrected chi connectivity index (χ0v) is 12.6. The van der Waals surface area contributed by atoms with Crippen molar-refractivity contribution in [1.29, 1.82) is 0 Å². The molecular weight excluding hydrogens is 289 g/mol. The average molecular weight is 311 g/mol. The van der Waals surface area contributed by atoms with Crippen LogP contribution < -0.4 is 16.2 Å². The zero-order valence-electron chi connectivity index (χ0n) is 12.6. The maximum atomic E-state index is 12.7. The molecule has 2 atom stereocenters. The van der Waals surface area contributed by atoms with Crippen LogP contribution in [0.5, 0.6) is 0 Å². The van der Waals surface area contributed by atoms with Gasteiger partial charge in [0.05, 0.1) is 23.5 Å². The summed E-state index contributed by atoms with van der Waals surface area (Å²) in [5.41, 5.74) is 3.31. The Kier molecular flexibility index (Phi) is 6.66. The number of rotatable bonds is 7. The van der Waals surface area contributed by atoms with Gasteiger partial charge in [-0.1, -0.05) is 27.7 Å². The van der Waals surface area contributed by atoms with E-state index < -0.39 is 42.0 Å². The van der Waals surface area contributed by atoms with E-state index in [1.165, 1.54) is 0 Å². The summed E-state index contributed by atoms with van der Waals surface area (Å²) in [6.45, 7) is 5.36. The lowest BCUT2D eigenvalue weighted by Gasteiger charge is -2.31. The number of hydrogen-bond acceptors (Lipinski definition) is 4. The normalized spacial score (nSPS) is 15.7. The van der Waals surface area contributed by atoms with Gasteiger partial charge >= 0.3 is 6.18 Å². The van der Waals surface area contributed by atoms with Crippen LogP contribution in [0.25, 0.3) is 0 Å². The van der Waals surface area contributed by atoms with Crippen molar-refractivity contribution in [2.75, 3.05) is 0 Å². The Labute approximate surface area is 122 Å². The van der Waals surface area contributed by atoms with Gasteiger partial charge in [0.1, 0.15) is 0 Å². The van der Waals surface area contributed by atoms with E-state index in [2.05, 4.69) is 5.32 Å². The van der Waals surface area contributed by atoms with Crippen LogP contribution in [-0.4, -0.2) is 30.1 Å². The van der Waals surface area contributed by atoms with Crippen LogP contribution in [0.2, 0.25) is 0 Å². The second-order valence-corrected chi connectivity index (χ2v) is 6.20. The van der Waals surface area contributed by atoms with E-state index in [0.717, 1.165) is 13.8 Å². The SMILES string of the molecule is CC(C)CC(NC(=O)[C@@H](N)CC(C)(C)C(F)(F)F)C(=O)[O-]. The van der Waals surface area contributed by atoms with Crippen molar-refractivity contribution in [3.63, 3.8) is 0 Å². The minimum Gasteiger partial charge on any atom is -0.548 e. The van der Waals surface area contributed by atoms with Crippen LogP contribution in [0.4, 0.5) is 13.2 Å². The summed E-state index contributed by atoms with van der Waals surface area (Å²) in [6.07, 6.45) is -5.02. The van der Waals surface area contributed by atoms with Gasteiger partial charge in [-0.3, -0.25) is 4.79 Å². The molecule has 0 aliphatic carbocycles. The van der Waals surface area contributed by atoms with Crippen molar-refractivity contribution in [2.24, 2.45) is 17.1 Å². The monoisotopic (exact) mass is 311 g/mol. The summed E-state index contributed by atoms with van der Waals surface area (Å²) in [4.78, 5) is 22.6. The van der Waals surface area contributed by atoms with Crippen LogP contribution >= 0.6 is 0 Å². The largest absolute Gasteiger partial charge is 0.548 e. The smallest absolute Gasteiger partial charge is 0.394 e. The molecule has 0 aromatic heterocycles. The van der Waals surface area contributed by atoms with Gasteiger partial charge in [-0.05, 0) is 18.8 Å². The molecule has 0 aromatic carbocycles. The van der Waals surface area contributed by atoms with Crippen LogP contribution in [0.15, 0.2) is 0 Å². The van der Waals surface area contributed by atoms with Crippen LogP contribution in [0, 0.1) is 11.3 Å². The molecule has 0 aromatic rings. The van der Waals surface area contributed by atoms with Crippen molar-refractivity contribution in [3.05, 3.63) is 0 Å². The molecule has 1 unspecified atom stereocenters. The summed E-state index contributed by atoms with van der Waals surface area (Å²) in [7, 11) is 0. The van der Waals surface area contributed by atoms with E-state index in [4.69, 9.17) is 5.73 Å². The number of carbonyl (C=O) groups excluding carboxylic acids is 2. The van der Waals surface area contributed by atoms with Gasteiger partial charge < -0.3 is 21.0 Å².